The van der Waals surface area contributed by atoms with Gasteiger partial charge in [-0.15, -0.1) is 0 Å². The second kappa shape index (κ2) is 17.1. The van der Waals surface area contributed by atoms with Crippen LogP contribution in [0.2, 0.25) is 0 Å². The van der Waals surface area contributed by atoms with E-state index in [0.29, 0.717) is 0 Å². The molecule has 13 heteroatoms. The zero-order valence-electron chi connectivity index (χ0n) is 28.5. The van der Waals surface area contributed by atoms with E-state index < -0.39 is 47.2 Å². The lowest BCUT2D eigenvalue weighted by Crippen LogP contribution is -2.44. The van der Waals surface area contributed by atoms with Crippen LogP contribution >= 0.6 is 0 Å². The predicted molar refractivity (Wildman–Crippen MR) is 176 cm³/mol. The van der Waals surface area contributed by atoms with E-state index >= 15 is 0 Å². The first-order valence-electron chi connectivity index (χ1n) is 15.9. The summed E-state index contributed by atoms with van der Waals surface area (Å²) in [5, 5.41) is 14.5. The third-order valence-corrected chi connectivity index (χ3v) is 7.02. The van der Waals surface area contributed by atoms with Crippen molar-refractivity contribution in [3.63, 3.8) is 0 Å². The van der Waals surface area contributed by atoms with Gasteiger partial charge in [-0.25, -0.2) is 9.59 Å². The van der Waals surface area contributed by atoms with Crippen molar-refractivity contribution in [1.29, 1.82) is 0 Å². The van der Waals surface area contributed by atoms with E-state index in [2.05, 4.69) is 10.6 Å². The summed E-state index contributed by atoms with van der Waals surface area (Å²) >= 11 is 0. The van der Waals surface area contributed by atoms with Gasteiger partial charge in [-0.1, -0.05) is 48.5 Å². The van der Waals surface area contributed by atoms with Crippen molar-refractivity contribution in [1.82, 2.24) is 15.5 Å². The molecule has 262 valence electrons. The molecule has 0 saturated carbocycles. The normalized spacial score (nSPS) is 13.2. The van der Waals surface area contributed by atoms with Crippen LogP contribution < -0.4 is 10.6 Å². The molecule has 2 aromatic rings. The Labute approximate surface area is 281 Å². The molecular weight excluding hydrogens is 622 g/mol. The summed E-state index contributed by atoms with van der Waals surface area (Å²) in [6.07, 6.45) is -0.966. The standard InChI is InChI=1S/C35H47N3O10/c1-34(2,3)47-30(40)19-38(20-31(41)48-35(4,5)6)17-18-45-22-29(39)36-16-15-28(32(42)43)37-33(44)46-21-27-25-13-9-7-11-23(25)24-12-8-10-14-26(24)27/h7-14,27-28H,15-22H2,1-6H3,(H,36,39)(H,37,44)(H,42,43)/t28-/m0/s1. The van der Waals surface area contributed by atoms with Crippen molar-refractivity contribution in [2.24, 2.45) is 0 Å². The first-order valence-corrected chi connectivity index (χ1v) is 15.9. The summed E-state index contributed by atoms with van der Waals surface area (Å²) in [7, 11) is 0. The Hall–Kier alpha value is -4.49. The summed E-state index contributed by atoms with van der Waals surface area (Å²) in [5.41, 5.74) is 2.81. The third-order valence-electron chi connectivity index (χ3n) is 7.02. The predicted octanol–water partition coefficient (Wildman–Crippen LogP) is 3.49. The molecule has 0 saturated heterocycles. The van der Waals surface area contributed by atoms with E-state index in [9.17, 15) is 29.1 Å². The highest BCUT2D eigenvalue weighted by Gasteiger charge is 2.30. The number of esters is 2. The highest BCUT2D eigenvalue weighted by molar-refractivity contribution is 5.81. The number of amides is 2. The fourth-order valence-corrected chi connectivity index (χ4v) is 5.13. The van der Waals surface area contributed by atoms with Crippen LogP contribution in [0, 0.1) is 0 Å². The van der Waals surface area contributed by atoms with Gasteiger partial charge in [-0.05, 0) is 70.2 Å². The van der Waals surface area contributed by atoms with E-state index in [1.165, 1.54) is 4.90 Å². The first-order chi connectivity index (χ1) is 22.5. The van der Waals surface area contributed by atoms with Crippen LogP contribution in [-0.2, 0) is 38.1 Å². The molecule has 1 atom stereocenters. The van der Waals surface area contributed by atoms with Crippen LogP contribution in [0.5, 0.6) is 0 Å². The summed E-state index contributed by atoms with van der Waals surface area (Å²) in [5.74, 6) is -3.01. The van der Waals surface area contributed by atoms with Crippen LogP contribution in [0.4, 0.5) is 4.79 Å². The number of aliphatic carboxylic acids is 1. The number of carbonyl (C=O) groups is 5. The molecule has 3 rings (SSSR count). The van der Waals surface area contributed by atoms with Gasteiger partial charge in [0.05, 0.1) is 19.7 Å². The van der Waals surface area contributed by atoms with Crippen LogP contribution in [0.1, 0.15) is 65.0 Å². The Morgan fingerprint density at radius 1 is 0.833 bits per heavy atom. The Morgan fingerprint density at radius 2 is 1.35 bits per heavy atom. The molecule has 0 bridgehead atoms. The molecule has 0 aromatic heterocycles. The van der Waals surface area contributed by atoms with E-state index in [0.717, 1.165) is 22.3 Å². The summed E-state index contributed by atoms with van der Waals surface area (Å²) in [6, 6.07) is 14.4. The zero-order chi connectivity index (χ0) is 35.5. The molecule has 13 nitrogen and oxygen atoms in total. The van der Waals surface area contributed by atoms with Gasteiger partial charge in [0, 0.05) is 19.0 Å². The number of nitrogens with one attached hydrogen (secondary N) is 2. The second-order valence-corrected chi connectivity index (χ2v) is 13.4. The average Bonchev–Trinajstić information content (AvgIpc) is 3.29. The fraction of sp³-hybridized carbons (Fsp3) is 0.514. The van der Waals surface area contributed by atoms with E-state index in [-0.39, 0.29) is 58.3 Å². The molecule has 1 aliphatic rings. The van der Waals surface area contributed by atoms with Crippen molar-refractivity contribution in [2.45, 2.75) is 71.1 Å². The van der Waals surface area contributed by atoms with E-state index in [4.69, 9.17) is 18.9 Å². The molecule has 48 heavy (non-hydrogen) atoms. The van der Waals surface area contributed by atoms with Gasteiger partial charge < -0.3 is 34.7 Å². The SMILES string of the molecule is CC(C)(C)OC(=O)CN(CCOCC(=O)NCC[C@H](NC(=O)OCC1c2ccccc2-c2ccccc21)C(=O)O)CC(=O)OC(C)(C)C. The molecule has 0 fully saturated rings. The monoisotopic (exact) mass is 669 g/mol. The number of fused-ring (bicyclic) bond motifs is 3. The molecule has 0 unspecified atom stereocenters. The number of carboxylic acids is 1. The van der Waals surface area contributed by atoms with Gasteiger partial charge in [-0.2, -0.15) is 0 Å². The number of hydrogen-bond acceptors (Lipinski definition) is 10. The van der Waals surface area contributed by atoms with Gasteiger partial charge in [0.2, 0.25) is 5.91 Å². The average molecular weight is 670 g/mol. The second-order valence-electron chi connectivity index (χ2n) is 13.4. The van der Waals surface area contributed by atoms with Gasteiger partial charge >= 0.3 is 24.0 Å². The van der Waals surface area contributed by atoms with Crippen LogP contribution in [-0.4, -0.2) is 103 Å². The number of hydrogen-bond donors (Lipinski definition) is 3. The number of carbonyl (C=O) groups excluding carboxylic acids is 4. The molecule has 3 N–H and O–H groups in total. The highest BCUT2D eigenvalue weighted by Crippen LogP contribution is 2.44. The Morgan fingerprint density at radius 3 is 1.85 bits per heavy atom. The quantitative estimate of drug-likeness (QED) is 0.136. The molecular formula is C35H47N3O10. The Kier molecular flexibility index (Phi) is 13.5. The minimum Gasteiger partial charge on any atom is -0.480 e. The zero-order valence-corrected chi connectivity index (χ0v) is 28.5. The number of alkyl carbamates (subject to hydrolysis) is 1. The van der Waals surface area contributed by atoms with Gasteiger partial charge in [0.1, 0.15) is 30.5 Å². The molecule has 2 amide bonds. The number of carboxylic acid groups (broad SMARTS) is 1. The van der Waals surface area contributed by atoms with Crippen LogP contribution in [0.15, 0.2) is 48.5 Å². The molecule has 2 aromatic carbocycles. The van der Waals surface area contributed by atoms with Crippen molar-refractivity contribution >= 4 is 29.9 Å². The summed E-state index contributed by atoms with van der Waals surface area (Å²) in [6.45, 7) is 9.85. The van der Waals surface area contributed by atoms with Gasteiger partial charge in [0.25, 0.3) is 0 Å². The van der Waals surface area contributed by atoms with Crippen LogP contribution in [0.3, 0.4) is 0 Å². The van der Waals surface area contributed by atoms with Crippen LogP contribution in [0.25, 0.3) is 11.1 Å². The third kappa shape index (κ3) is 12.6. The number of benzene rings is 2. The topological polar surface area (TPSA) is 170 Å². The molecule has 1 aliphatic carbocycles. The Bertz CT molecular complexity index is 1370. The molecule has 0 aliphatic heterocycles. The van der Waals surface area contributed by atoms with E-state index in [1.807, 2.05) is 48.5 Å². The first kappa shape index (κ1) is 38.0. The van der Waals surface area contributed by atoms with Crippen molar-refractivity contribution in [3.05, 3.63) is 59.7 Å². The fourth-order valence-electron chi connectivity index (χ4n) is 5.13. The Balaban J connectivity index is 1.40. The minimum atomic E-state index is -1.30. The maximum Gasteiger partial charge on any atom is 0.407 e. The van der Waals surface area contributed by atoms with E-state index in [1.54, 1.807) is 41.5 Å². The summed E-state index contributed by atoms with van der Waals surface area (Å²) < 4.78 is 21.6. The van der Waals surface area contributed by atoms with Crippen molar-refractivity contribution in [3.8, 4) is 11.1 Å². The molecule has 0 heterocycles. The lowest BCUT2D eigenvalue weighted by molar-refractivity contribution is -0.160. The van der Waals surface area contributed by atoms with Crippen molar-refractivity contribution < 1.29 is 48.0 Å². The lowest BCUT2D eigenvalue weighted by atomic mass is 9.98. The van der Waals surface area contributed by atoms with Crippen molar-refractivity contribution in [2.75, 3.05) is 46.0 Å². The molecule has 0 spiro atoms. The lowest BCUT2D eigenvalue weighted by Gasteiger charge is -2.26. The number of ether oxygens (including phenoxy) is 4. The van der Waals surface area contributed by atoms with Gasteiger partial charge in [0.15, 0.2) is 0 Å². The number of rotatable bonds is 16. The minimum absolute atomic E-state index is 0.0140. The number of nitrogens with zero attached hydrogens (tertiary/aromatic N) is 1. The smallest absolute Gasteiger partial charge is 0.407 e. The summed E-state index contributed by atoms with van der Waals surface area (Å²) in [4.78, 5) is 62.9. The maximum absolute atomic E-state index is 12.6. The maximum atomic E-state index is 12.6. The van der Waals surface area contributed by atoms with Gasteiger partial charge in [-0.3, -0.25) is 19.3 Å². The molecule has 0 radical (unpaired) electrons. The highest BCUT2D eigenvalue weighted by atomic mass is 16.6. The largest absolute Gasteiger partial charge is 0.480 e.